The second-order valence-electron chi connectivity index (χ2n) is 3.89. The standard InChI is InChI=1S/C15H15NO4/c1-3-19-15(17)11-7-8-14(16-10-11)20-13-6-4-5-12(9-13)18-2/h4-10H,3H2,1-2H3. The predicted octanol–water partition coefficient (Wildman–Crippen LogP) is 3.06. The first-order valence-electron chi connectivity index (χ1n) is 6.18. The summed E-state index contributed by atoms with van der Waals surface area (Å²) >= 11 is 0. The third kappa shape index (κ3) is 3.47. The van der Waals surface area contributed by atoms with E-state index in [0.29, 0.717) is 29.5 Å². The molecular weight excluding hydrogens is 258 g/mol. The van der Waals surface area contributed by atoms with E-state index < -0.39 is 5.97 Å². The summed E-state index contributed by atoms with van der Waals surface area (Å²) in [6.07, 6.45) is 1.42. The van der Waals surface area contributed by atoms with E-state index in [1.54, 1.807) is 38.3 Å². The van der Waals surface area contributed by atoms with Crippen molar-refractivity contribution in [3.8, 4) is 17.4 Å². The van der Waals surface area contributed by atoms with Crippen LogP contribution in [-0.4, -0.2) is 24.7 Å². The summed E-state index contributed by atoms with van der Waals surface area (Å²) in [5.41, 5.74) is 0.393. The SMILES string of the molecule is CCOC(=O)c1ccc(Oc2cccc(OC)c2)nc1. The maximum Gasteiger partial charge on any atom is 0.339 e. The van der Waals surface area contributed by atoms with Gasteiger partial charge in [-0.15, -0.1) is 0 Å². The average molecular weight is 273 g/mol. The van der Waals surface area contributed by atoms with Crippen LogP contribution in [0, 0.1) is 0 Å². The van der Waals surface area contributed by atoms with Crippen molar-refractivity contribution in [3.63, 3.8) is 0 Å². The van der Waals surface area contributed by atoms with E-state index in [4.69, 9.17) is 14.2 Å². The van der Waals surface area contributed by atoms with Gasteiger partial charge in [0, 0.05) is 18.3 Å². The molecule has 1 heterocycles. The Bertz CT molecular complexity index is 581. The predicted molar refractivity (Wildman–Crippen MR) is 73.3 cm³/mol. The van der Waals surface area contributed by atoms with Crippen molar-refractivity contribution < 1.29 is 19.0 Å². The van der Waals surface area contributed by atoms with Crippen molar-refractivity contribution in [2.24, 2.45) is 0 Å². The number of benzene rings is 1. The first kappa shape index (κ1) is 13.9. The number of hydrogen-bond donors (Lipinski definition) is 0. The number of aromatic nitrogens is 1. The summed E-state index contributed by atoms with van der Waals surface area (Å²) < 4.78 is 15.6. The van der Waals surface area contributed by atoms with Gasteiger partial charge in [-0.05, 0) is 25.1 Å². The highest BCUT2D eigenvalue weighted by Crippen LogP contribution is 2.23. The van der Waals surface area contributed by atoms with Gasteiger partial charge in [-0.25, -0.2) is 9.78 Å². The molecule has 0 aliphatic carbocycles. The van der Waals surface area contributed by atoms with Crippen molar-refractivity contribution in [3.05, 3.63) is 48.2 Å². The molecule has 1 aromatic heterocycles. The fourth-order valence-corrected chi connectivity index (χ4v) is 1.56. The molecule has 5 heteroatoms. The van der Waals surface area contributed by atoms with E-state index in [9.17, 15) is 4.79 Å². The molecule has 20 heavy (non-hydrogen) atoms. The van der Waals surface area contributed by atoms with E-state index in [-0.39, 0.29) is 0 Å². The van der Waals surface area contributed by atoms with Gasteiger partial charge in [0.1, 0.15) is 11.5 Å². The molecule has 0 amide bonds. The molecule has 0 atom stereocenters. The molecule has 0 aliphatic rings. The normalized spacial score (nSPS) is 9.90. The molecule has 1 aromatic carbocycles. The number of pyridine rings is 1. The van der Waals surface area contributed by atoms with Crippen LogP contribution in [0.4, 0.5) is 0 Å². The first-order valence-corrected chi connectivity index (χ1v) is 6.18. The lowest BCUT2D eigenvalue weighted by atomic mass is 10.3. The molecule has 0 radical (unpaired) electrons. The Morgan fingerprint density at radius 3 is 2.65 bits per heavy atom. The number of methoxy groups -OCH3 is 1. The Balaban J connectivity index is 2.08. The summed E-state index contributed by atoms with van der Waals surface area (Å²) in [4.78, 5) is 15.5. The van der Waals surface area contributed by atoms with Gasteiger partial charge in [0.2, 0.25) is 5.88 Å². The molecule has 2 rings (SSSR count). The Morgan fingerprint density at radius 1 is 1.20 bits per heavy atom. The summed E-state index contributed by atoms with van der Waals surface area (Å²) in [7, 11) is 1.59. The van der Waals surface area contributed by atoms with Gasteiger partial charge in [0.15, 0.2) is 0 Å². The second kappa shape index (κ2) is 6.56. The molecule has 0 spiro atoms. The largest absolute Gasteiger partial charge is 0.497 e. The monoisotopic (exact) mass is 273 g/mol. The number of nitrogens with zero attached hydrogens (tertiary/aromatic N) is 1. The Hall–Kier alpha value is -2.56. The average Bonchev–Trinajstić information content (AvgIpc) is 2.48. The highest BCUT2D eigenvalue weighted by Gasteiger charge is 2.07. The van der Waals surface area contributed by atoms with Gasteiger partial charge >= 0.3 is 5.97 Å². The minimum atomic E-state index is -0.395. The lowest BCUT2D eigenvalue weighted by Crippen LogP contribution is -2.04. The van der Waals surface area contributed by atoms with Crippen LogP contribution in [0.2, 0.25) is 0 Å². The van der Waals surface area contributed by atoms with Crippen LogP contribution in [0.3, 0.4) is 0 Å². The quantitative estimate of drug-likeness (QED) is 0.784. The van der Waals surface area contributed by atoms with Gasteiger partial charge in [-0.2, -0.15) is 0 Å². The summed E-state index contributed by atoms with van der Waals surface area (Å²) in [6.45, 7) is 2.09. The fourth-order valence-electron chi connectivity index (χ4n) is 1.56. The number of esters is 1. The van der Waals surface area contributed by atoms with E-state index in [1.807, 2.05) is 12.1 Å². The zero-order chi connectivity index (χ0) is 14.4. The third-order valence-electron chi connectivity index (χ3n) is 2.51. The molecule has 5 nitrogen and oxygen atoms in total. The zero-order valence-electron chi connectivity index (χ0n) is 11.3. The number of ether oxygens (including phenoxy) is 3. The molecule has 2 aromatic rings. The molecule has 0 unspecified atom stereocenters. The first-order chi connectivity index (χ1) is 9.72. The van der Waals surface area contributed by atoms with E-state index in [1.165, 1.54) is 6.20 Å². The van der Waals surface area contributed by atoms with Gasteiger partial charge in [-0.3, -0.25) is 0 Å². The van der Waals surface area contributed by atoms with Crippen LogP contribution < -0.4 is 9.47 Å². The summed E-state index contributed by atoms with van der Waals surface area (Å²) in [5.74, 6) is 1.31. The molecule has 0 saturated carbocycles. The van der Waals surface area contributed by atoms with Crippen molar-refractivity contribution in [2.75, 3.05) is 13.7 Å². The molecule has 0 saturated heterocycles. The van der Waals surface area contributed by atoms with Crippen LogP contribution in [-0.2, 0) is 4.74 Å². The number of carbonyl (C=O) groups is 1. The Labute approximate surface area is 117 Å². The topological polar surface area (TPSA) is 57.7 Å². The maximum atomic E-state index is 11.5. The highest BCUT2D eigenvalue weighted by molar-refractivity contribution is 5.89. The van der Waals surface area contributed by atoms with E-state index in [0.717, 1.165) is 0 Å². The molecule has 0 aliphatic heterocycles. The van der Waals surface area contributed by atoms with Gasteiger partial charge in [0.25, 0.3) is 0 Å². The van der Waals surface area contributed by atoms with Crippen LogP contribution in [0.15, 0.2) is 42.6 Å². The highest BCUT2D eigenvalue weighted by atomic mass is 16.5. The molecule has 0 fully saturated rings. The zero-order valence-corrected chi connectivity index (χ0v) is 11.3. The summed E-state index contributed by atoms with van der Waals surface area (Å²) in [6, 6.07) is 10.4. The van der Waals surface area contributed by atoms with Crippen molar-refractivity contribution in [2.45, 2.75) is 6.92 Å². The van der Waals surface area contributed by atoms with Crippen LogP contribution >= 0.6 is 0 Å². The third-order valence-corrected chi connectivity index (χ3v) is 2.51. The smallest absolute Gasteiger partial charge is 0.339 e. The van der Waals surface area contributed by atoms with Crippen molar-refractivity contribution in [1.29, 1.82) is 0 Å². The van der Waals surface area contributed by atoms with Gasteiger partial charge in [-0.1, -0.05) is 6.07 Å². The second-order valence-corrected chi connectivity index (χ2v) is 3.89. The number of carbonyl (C=O) groups excluding carboxylic acids is 1. The van der Waals surface area contributed by atoms with Crippen LogP contribution in [0.5, 0.6) is 17.4 Å². The van der Waals surface area contributed by atoms with Gasteiger partial charge in [0.05, 0.1) is 19.3 Å². The van der Waals surface area contributed by atoms with Crippen molar-refractivity contribution >= 4 is 5.97 Å². The molecule has 0 N–H and O–H groups in total. The van der Waals surface area contributed by atoms with Crippen LogP contribution in [0.25, 0.3) is 0 Å². The van der Waals surface area contributed by atoms with Crippen LogP contribution in [0.1, 0.15) is 17.3 Å². The number of hydrogen-bond acceptors (Lipinski definition) is 5. The molecule has 0 bridgehead atoms. The maximum absolute atomic E-state index is 11.5. The lowest BCUT2D eigenvalue weighted by Gasteiger charge is -2.07. The molecular formula is C15H15NO4. The fraction of sp³-hybridized carbons (Fsp3) is 0.200. The minimum Gasteiger partial charge on any atom is -0.497 e. The van der Waals surface area contributed by atoms with Crippen molar-refractivity contribution in [1.82, 2.24) is 4.98 Å². The Morgan fingerprint density at radius 2 is 2.00 bits per heavy atom. The van der Waals surface area contributed by atoms with E-state index in [2.05, 4.69) is 4.98 Å². The summed E-state index contributed by atoms with van der Waals surface area (Å²) in [5, 5.41) is 0. The molecule has 104 valence electrons. The van der Waals surface area contributed by atoms with E-state index >= 15 is 0 Å². The lowest BCUT2D eigenvalue weighted by molar-refractivity contribution is 0.0526. The number of rotatable bonds is 5. The van der Waals surface area contributed by atoms with Gasteiger partial charge < -0.3 is 14.2 Å². The minimum absolute atomic E-state index is 0.334. The Kier molecular flexibility index (Phi) is 4.55.